The summed E-state index contributed by atoms with van der Waals surface area (Å²) in [4.78, 5) is 26.2. The Balaban J connectivity index is 0.00000289. The van der Waals surface area contributed by atoms with Crippen LogP contribution < -0.4 is 5.32 Å². The number of hydrogen-bond acceptors (Lipinski definition) is 4. The van der Waals surface area contributed by atoms with Crippen LogP contribution in [0.25, 0.3) is 0 Å². The van der Waals surface area contributed by atoms with E-state index in [0.717, 1.165) is 6.54 Å². The Labute approximate surface area is 114 Å². The molecule has 0 aromatic rings. The van der Waals surface area contributed by atoms with Gasteiger partial charge in [0.05, 0.1) is 25.7 Å². The third-order valence-corrected chi connectivity index (χ3v) is 2.70. The van der Waals surface area contributed by atoms with Crippen molar-refractivity contribution in [1.29, 1.82) is 0 Å². The summed E-state index contributed by atoms with van der Waals surface area (Å²) in [6.45, 7) is 2.28. The lowest BCUT2D eigenvalue weighted by atomic mass is 10.2. The van der Waals surface area contributed by atoms with Crippen LogP contribution in [-0.2, 0) is 14.3 Å². The van der Waals surface area contributed by atoms with Gasteiger partial charge in [0.2, 0.25) is 11.8 Å². The molecule has 0 aromatic heterocycles. The van der Waals surface area contributed by atoms with Gasteiger partial charge in [-0.05, 0) is 0 Å². The summed E-state index contributed by atoms with van der Waals surface area (Å²) in [5.41, 5.74) is 0. The minimum absolute atomic E-state index is 0. The maximum atomic E-state index is 11.8. The highest BCUT2D eigenvalue weighted by Gasteiger charge is 2.21. The van der Waals surface area contributed by atoms with E-state index in [4.69, 9.17) is 4.74 Å². The molecule has 0 aliphatic carbocycles. The van der Waals surface area contributed by atoms with Crippen molar-refractivity contribution < 1.29 is 14.3 Å². The Hall–Kier alpha value is -0.850. The third kappa shape index (κ3) is 5.66. The summed E-state index contributed by atoms with van der Waals surface area (Å²) < 4.78 is 5.45. The Morgan fingerprint density at radius 2 is 1.94 bits per heavy atom. The first-order valence-electron chi connectivity index (χ1n) is 5.77. The van der Waals surface area contributed by atoms with Gasteiger partial charge in [0.1, 0.15) is 0 Å². The predicted molar refractivity (Wildman–Crippen MR) is 70.8 cm³/mol. The van der Waals surface area contributed by atoms with Crippen molar-refractivity contribution in [2.75, 3.05) is 47.4 Å². The Morgan fingerprint density at radius 1 is 1.28 bits per heavy atom. The lowest BCUT2D eigenvalue weighted by Gasteiger charge is -2.25. The summed E-state index contributed by atoms with van der Waals surface area (Å²) in [6, 6.07) is 0. The van der Waals surface area contributed by atoms with Crippen LogP contribution in [0, 0.1) is 0 Å². The number of likely N-dealkylation sites (N-methyl/N-ethyl adjacent to an activating group) is 2. The monoisotopic (exact) mass is 279 g/mol. The standard InChI is InChI=1S/C11H21N3O3.ClH/c1-13(2)11(16)8-14(3)10(15)6-9-7-12-4-5-17-9;/h9,12H,4-8H2,1-3H3;1H. The van der Waals surface area contributed by atoms with E-state index in [1.165, 1.54) is 9.80 Å². The second-order valence-electron chi connectivity index (χ2n) is 4.44. The van der Waals surface area contributed by atoms with Crippen molar-refractivity contribution in [3.05, 3.63) is 0 Å². The van der Waals surface area contributed by atoms with E-state index in [1.54, 1.807) is 21.1 Å². The topological polar surface area (TPSA) is 61.9 Å². The van der Waals surface area contributed by atoms with Crippen molar-refractivity contribution in [3.8, 4) is 0 Å². The number of ether oxygens (including phenoxy) is 1. The fraction of sp³-hybridized carbons (Fsp3) is 0.818. The molecule has 1 rings (SSSR count). The van der Waals surface area contributed by atoms with Crippen molar-refractivity contribution in [2.45, 2.75) is 12.5 Å². The first-order chi connectivity index (χ1) is 8.00. The lowest BCUT2D eigenvalue weighted by molar-refractivity contribution is -0.140. The zero-order valence-corrected chi connectivity index (χ0v) is 12.0. The highest BCUT2D eigenvalue weighted by atomic mass is 35.5. The molecule has 106 valence electrons. The first-order valence-corrected chi connectivity index (χ1v) is 5.77. The molecule has 6 nitrogen and oxygen atoms in total. The van der Waals surface area contributed by atoms with E-state index in [2.05, 4.69) is 5.32 Å². The maximum absolute atomic E-state index is 11.8. The van der Waals surface area contributed by atoms with Gasteiger partial charge in [-0.2, -0.15) is 0 Å². The number of nitrogens with one attached hydrogen (secondary N) is 1. The van der Waals surface area contributed by atoms with E-state index in [-0.39, 0.29) is 36.9 Å². The zero-order valence-electron chi connectivity index (χ0n) is 11.1. The molecule has 1 atom stereocenters. The van der Waals surface area contributed by atoms with Gasteiger partial charge in [-0.1, -0.05) is 0 Å². The van der Waals surface area contributed by atoms with E-state index in [9.17, 15) is 9.59 Å². The largest absolute Gasteiger partial charge is 0.375 e. The fourth-order valence-corrected chi connectivity index (χ4v) is 1.53. The summed E-state index contributed by atoms with van der Waals surface area (Å²) in [5, 5.41) is 3.17. The van der Waals surface area contributed by atoms with Crippen molar-refractivity contribution >= 4 is 24.2 Å². The molecule has 2 amide bonds. The van der Waals surface area contributed by atoms with Crippen LogP contribution in [0.15, 0.2) is 0 Å². The molecule has 0 bridgehead atoms. The molecule has 7 heteroatoms. The fourth-order valence-electron chi connectivity index (χ4n) is 1.53. The Morgan fingerprint density at radius 3 is 2.44 bits per heavy atom. The van der Waals surface area contributed by atoms with Crippen LogP contribution >= 0.6 is 12.4 Å². The predicted octanol–water partition coefficient (Wildman–Crippen LogP) is -0.667. The van der Waals surface area contributed by atoms with E-state index < -0.39 is 0 Å². The second kappa shape index (κ2) is 8.29. The molecule has 0 radical (unpaired) electrons. The molecule has 1 aliphatic heterocycles. The Kier molecular flexibility index (Phi) is 7.90. The number of carbonyl (C=O) groups is 2. The van der Waals surface area contributed by atoms with Crippen molar-refractivity contribution in [2.24, 2.45) is 0 Å². The minimum Gasteiger partial charge on any atom is -0.375 e. The second-order valence-corrected chi connectivity index (χ2v) is 4.44. The average molecular weight is 280 g/mol. The van der Waals surface area contributed by atoms with E-state index in [0.29, 0.717) is 19.6 Å². The van der Waals surface area contributed by atoms with Gasteiger partial charge in [0, 0.05) is 34.2 Å². The van der Waals surface area contributed by atoms with Gasteiger partial charge in [-0.3, -0.25) is 9.59 Å². The number of rotatable bonds is 4. The average Bonchev–Trinajstić information content (AvgIpc) is 2.29. The normalized spacial score (nSPS) is 18.7. The van der Waals surface area contributed by atoms with Gasteiger partial charge in [-0.25, -0.2) is 0 Å². The van der Waals surface area contributed by atoms with Gasteiger partial charge in [0.25, 0.3) is 0 Å². The summed E-state index contributed by atoms with van der Waals surface area (Å²) in [7, 11) is 4.99. The number of morpholine rings is 1. The quantitative estimate of drug-likeness (QED) is 0.742. The Bertz CT molecular complexity index is 281. The molecule has 1 fully saturated rings. The van der Waals surface area contributed by atoms with E-state index in [1.807, 2.05) is 0 Å². The molecular weight excluding hydrogens is 258 g/mol. The van der Waals surface area contributed by atoms with Gasteiger partial charge in [-0.15, -0.1) is 12.4 Å². The van der Waals surface area contributed by atoms with Crippen LogP contribution in [0.1, 0.15) is 6.42 Å². The zero-order chi connectivity index (χ0) is 12.8. The van der Waals surface area contributed by atoms with Crippen molar-refractivity contribution in [3.63, 3.8) is 0 Å². The molecular formula is C11H22ClN3O3. The van der Waals surface area contributed by atoms with Gasteiger partial charge < -0.3 is 19.9 Å². The lowest BCUT2D eigenvalue weighted by Crippen LogP contribution is -2.43. The van der Waals surface area contributed by atoms with Crippen LogP contribution in [-0.4, -0.2) is 75.1 Å². The first kappa shape index (κ1) is 17.2. The number of halogens is 1. The van der Waals surface area contributed by atoms with E-state index >= 15 is 0 Å². The SMILES string of the molecule is CN(C)C(=O)CN(C)C(=O)CC1CNCCO1.Cl. The van der Waals surface area contributed by atoms with Crippen LogP contribution in [0.4, 0.5) is 0 Å². The molecule has 1 saturated heterocycles. The van der Waals surface area contributed by atoms with Gasteiger partial charge >= 0.3 is 0 Å². The molecule has 0 spiro atoms. The molecule has 1 heterocycles. The molecule has 0 saturated carbocycles. The summed E-state index contributed by atoms with van der Waals surface area (Å²) in [5.74, 6) is -0.141. The molecule has 18 heavy (non-hydrogen) atoms. The van der Waals surface area contributed by atoms with Crippen LogP contribution in [0.5, 0.6) is 0 Å². The van der Waals surface area contributed by atoms with Crippen molar-refractivity contribution in [1.82, 2.24) is 15.1 Å². The maximum Gasteiger partial charge on any atom is 0.241 e. The number of carbonyl (C=O) groups excluding carboxylic acids is 2. The molecule has 1 aliphatic rings. The number of nitrogens with zero attached hydrogens (tertiary/aromatic N) is 2. The number of hydrogen-bond donors (Lipinski definition) is 1. The minimum atomic E-state index is -0.0801. The highest BCUT2D eigenvalue weighted by Crippen LogP contribution is 2.04. The van der Waals surface area contributed by atoms with Gasteiger partial charge in [0.15, 0.2) is 0 Å². The number of amides is 2. The highest BCUT2D eigenvalue weighted by molar-refractivity contribution is 5.85. The van der Waals surface area contributed by atoms with Crippen LogP contribution in [0.2, 0.25) is 0 Å². The molecule has 1 N–H and O–H groups in total. The third-order valence-electron chi connectivity index (χ3n) is 2.70. The molecule has 0 aromatic carbocycles. The summed E-state index contributed by atoms with van der Waals surface area (Å²) >= 11 is 0. The smallest absolute Gasteiger partial charge is 0.241 e. The summed E-state index contributed by atoms with van der Waals surface area (Å²) in [6.07, 6.45) is 0.248. The van der Waals surface area contributed by atoms with Crippen LogP contribution in [0.3, 0.4) is 0 Å². The molecule has 1 unspecified atom stereocenters.